The van der Waals surface area contributed by atoms with E-state index in [1.807, 2.05) is 4.90 Å². The first-order valence-corrected chi connectivity index (χ1v) is 7.91. The Morgan fingerprint density at radius 3 is 2.55 bits per heavy atom. The van der Waals surface area contributed by atoms with Crippen LogP contribution in [0.25, 0.3) is 0 Å². The summed E-state index contributed by atoms with van der Waals surface area (Å²) in [6, 6.07) is 0.00747. The third kappa shape index (κ3) is 4.47. The van der Waals surface area contributed by atoms with E-state index in [1.54, 1.807) is 0 Å². The van der Waals surface area contributed by atoms with Crippen LogP contribution in [0.5, 0.6) is 0 Å². The van der Waals surface area contributed by atoms with Gasteiger partial charge in [-0.2, -0.15) is 0 Å². The van der Waals surface area contributed by atoms with E-state index < -0.39 is 5.97 Å². The molecule has 1 amide bonds. The number of nitrogens with one attached hydrogen (secondary N) is 1. The Hall–Kier alpha value is -1.10. The Bertz CT molecular complexity index is 330. The molecule has 2 fully saturated rings. The first-order chi connectivity index (χ1) is 9.66. The molecule has 0 radical (unpaired) electrons. The summed E-state index contributed by atoms with van der Waals surface area (Å²) in [5.74, 6) is 0.00647. The van der Waals surface area contributed by atoms with Crippen LogP contribution in [0, 0.1) is 5.92 Å². The number of nitrogens with zero attached hydrogens (tertiary/aromatic N) is 1. The van der Waals surface area contributed by atoms with Crippen molar-refractivity contribution in [3.63, 3.8) is 0 Å². The standard InChI is InChI=1S/C15H26N2O3/c18-14(19)6-5-12-7-10-17(11-8-12)15(20)13-4-2-1-3-9-16-13/h12-13,16H,1-11H2,(H,18,19). The fourth-order valence-electron chi connectivity index (χ4n) is 3.23. The van der Waals surface area contributed by atoms with Crippen molar-refractivity contribution in [2.45, 2.75) is 57.4 Å². The van der Waals surface area contributed by atoms with Gasteiger partial charge >= 0.3 is 5.97 Å². The minimum atomic E-state index is -0.717. The predicted octanol–water partition coefficient (Wildman–Crippen LogP) is 1.62. The van der Waals surface area contributed by atoms with Crippen LogP contribution < -0.4 is 5.32 Å². The first-order valence-electron chi connectivity index (χ1n) is 7.91. The number of carboxylic acids is 1. The van der Waals surface area contributed by atoms with Gasteiger partial charge in [-0.15, -0.1) is 0 Å². The summed E-state index contributed by atoms with van der Waals surface area (Å²) in [5.41, 5.74) is 0. The summed E-state index contributed by atoms with van der Waals surface area (Å²) >= 11 is 0. The number of carboxylic acid groups (broad SMARTS) is 1. The van der Waals surface area contributed by atoms with Crippen LogP contribution in [0.2, 0.25) is 0 Å². The topological polar surface area (TPSA) is 69.6 Å². The van der Waals surface area contributed by atoms with Crippen LogP contribution >= 0.6 is 0 Å². The minimum absolute atomic E-state index is 0.00747. The molecule has 0 aliphatic carbocycles. The molecule has 0 aromatic carbocycles. The van der Waals surface area contributed by atoms with Gasteiger partial charge < -0.3 is 15.3 Å². The zero-order valence-corrected chi connectivity index (χ0v) is 12.1. The minimum Gasteiger partial charge on any atom is -0.481 e. The summed E-state index contributed by atoms with van der Waals surface area (Å²) in [4.78, 5) is 25.0. The Kier molecular flexibility index (Phi) is 5.83. The summed E-state index contributed by atoms with van der Waals surface area (Å²) in [6.45, 7) is 2.54. The SMILES string of the molecule is O=C(O)CCC1CCN(C(=O)C2CCCCCN2)CC1. The third-order valence-corrected chi connectivity index (χ3v) is 4.55. The summed E-state index contributed by atoms with van der Waals surface area (Å²) < 4.78 is 0. The largest absolute Gasteiger partial charge is 0.481 e. The second-order valence-electron chi connectivity index (χ2n) is 6.06. The van der Waals surface area contributed by atoms with E-state index in [4.69, 9.17) is 5.11 Å². The molecular weight excluding hydrogens is 256 g/mol. The normalized spacial score (nSPS) is 25.2. The Morgan fingerprint density at radius 2 is 1.85 bits per heavy atom. The third-order valence-electron chi connectivity index (χ3n) is 4.55. The van der Waals surface area contributed by atoms with Gasteiger partial charge in [0.25, 0.3) is 0 Å². The van der Waals surface area contributed by atoms with E-state index in [0.29, 0.717) is 5.92 Å². The summed E-state index contributed by atoms with van der Waals surface area (Å²) in [5, 5.41) is 12.1. The number of amides is 1. The highest BCUT2D eigenvalue weighted by molar-refractivity contribution is 5.82. The zero-order valence-electron chi connectivity index (χ0n) is 12.1. The molecule has 2 N–H and O–H groups in total. The van der Waals surface area contributed by atoms with Crippen molar-refractivity contribution in [2.75, 3.05) is 19.6 Å². The highest BCUT2D eigenvalue weighted by Gasteiger charge is 2.28. The van der Waals surface area contributed by atoms with Gasteiger partial charge in [0.15, 0.2) is 0 Å². The van der Waals surface area contributed by atoms with E-state index in [9.17, 15) is 9.59 Å². The molecule has 2 heterocycles. The lowest BCUT2D eigenvalue weighted by atomic mass is 9.92. The second kappa shape index (κ2) is 7.62. The van der Waals surface area contributed by atoms with Crippen molar-refractivity contribution in [1.82, 2.24) is 10.2 Å². The maximum absolute atomic E-state index is 12.4. The van der Waals surface area contributed by atoms with Crippen molar-refractivity contribution < 1.29 is 14.7 Å². The lowest BCUT2D eigenvalue weighted by Gasteiger charge is -2.34. The van der Waals surface area contributed by atoms with Gasteiger partial charge in [-0.3, -0.25) is 9.59 Å². The molecular formula is C15H26N2O3. The fraction of sp³-hybridized carbons (Fsp3) is 0.867. The molecule has 1 atom stereocenters. The predicted molar refractivity (Wildman–Crippen MR) is 76.4 cm³/mol. The molecule has 0 spiro atoms. The van der Waals surface area contributed by atoms with Crippen LogP contribution in [-0.4, -0.2) is 47.6 Å². The van der Waals surface area contributed by atoms with Gasteiger partial charge in [0.05, 0.1) is 6.04 Å². The quantitative estimate of drug-likeness (QED) is 0.822. The van der Waals surface area contributed by atoms with Gasteiger partial charge in [-0.25, -0.2) is 0 Å². The lowest BCUT2D eigenvalue weighted by Crippen LogP contribution is -2.48. The van der Waals surface area contributed by atoms with Gasteiger partial charge in [-0.1, -0.05) is 12.8 Å². The Labute approximate surface area is 120 Å². The number of likely N-dealkylation sites (tertiary alicyclic amines) is 1. The van der Waals surface area contributed by atoms with Crippen LogP contribution in [0.1, 0.15) is 51.4 Å². The lowest BCUT2D eigenvalue weighted by molar-refractivity contribution is -0.138. The van der Waals surface area contributed by atoms with Crippen LogP contribution in [-0.2, 0) is 9.59 Å². The maximum Gasteiger partial charge on any atom is 0.303 e. The fourth-order valence-corrected chi connectivity index (χ4v) is 3.23. The molecule has 0 saturated carbocycles. The number of carbonyl (C=O) groups excluding carboxylic acids is 1. The van der Waals surface area contributed by atoms with Gasteiger partial charge in [0.2, 0.25) is 5.91 Å². The molecule has 2 aliphatic rings. The smallest absolute Gasteiger partial charge is 0.303 e. The highest BCUT2D eigenvalue weighted by Crippen LogP contribution is 2.23. The average Bonchev–Trinajstić information content (AvgIpc) is 2.74. The molecule has 2 aliphatic heterocycles. The Balaban J connectivity index is 1.74. The van der Waals surface area contributed by atoms with Crippen molar-refractivity contribution in [3.05, 3.63) is 0 Å². The molecule has 2 saturated heterocycles. The van der Waals surface area contributed by atoms with Crippen LogP contribution in [0.4, 0.5) is 0 Å². The highest BCUT2D eigenvalue weighted by atomic mass is 16.4. The summed E-state index contributed by atoms with van der Waals surface area (Å²) in [6.07, 6.45) is 7.38. The van der Waals surface area contributed by atoms with Gasteiger partial charge in [0, 0.05) is 19.5 Å². The molecule has 20 heavy (non-hydrogen) atoms. The van der Waals surface area contributed by atoms with E-state index in [2.05, 4.69) is 5.32 Å². The number of aliphatic carboxylic acids is 1. The van der Waals surface area contributed by atoms with Crippen molar-refractivity contribution >= 4 is 11.9 Å². The molecule has 0 bridgehead atoms. The van der Waals surface area contributed by atoms with Crippen molar-refractivity contribution in [3.8, 4) is 0 Å². The zero-order chi connectivity index (χ0) is 14.4. The summed E-state index contributed by atoms with van der Waals surface area (Å²) in [7, 11) is 0. The molecule has 5 heteroatoms. The molecule has 2 rings (SSSR count). The number of hydrogen-bond donors (Lipinski definition) is 2. The van der Waals surface area contributed by atoms with E-state index in [-0.39, 0.29) is 18.4 Å². The van der Waals surface area contributed by atoms with Crippen molar-refractivity contribution in [2.24, 2.45) is 5.92 Å². The van der Waals surface area contributed by atoms with Crippen LogP contribution in [0.3, 0.4) is 0 Å². The average molecular weight is 282 g/mol. The second-order valence-corrected chi connectivity index (χ2v) is 6.06. The number of hydrogen-bond acceptors (Lipinski definition) is 3. The molecule has 114 valence electrons. The Morgan fingerprint density at radius 1 is 1.10 bits per heavy atom. The molecule has 1 unspecified atom stereocenters. The molecule has 0 aromatic rings. The van der Waals surface area contributed by atoms with E-state index in [0.717, 1.165) is 51.7 Å². The molecule has 0 aromatic heterocycles. The number of piperidine rings is 1. The maximum atomic E-state index is 12.4. The van der Waals surface area contributed by atoms with E-state index >= 15 is 0 Å². The number of carbonyl (C=O) groups is 2. The van der Waals surface area contributed by atoms with Gasteiger partial charge in [-0.05, 0) is 44.6 Å². The molecule has 5 nitrogen and oxygen atoms in total. The van der Waals surface area contributed by atoms with Crippen molar-refractivity contribution in [1.29, 1.82) is 0 Å². The first kappa shape index (κ1) is 15.3. The monoisotopic (exact) mass is 282 g/mol. The van der Waals surface area contributed by atoms with Gasteiger partial charge in [0.1, 0.15) is 0 Å². The van der Waals surface area contributed by atoms with E-state index in [1.165, 1.54) is 12.8 Å². The van der Waals surface area contributed by atoms with Crippen LogP contribution in [0.15, 0.2) is 0 Å². The number of rotatable bonds is 4.